The first-order valence-electron chi connectivity index (χ1n) is 9.38. The van der Waals surface area contributed by atoms with Crippen LogP contribution in [0.1, 0.15) is 49.9 Å². The molecule has 2 aliphatic heterocycles. The van der Waals surface area contributed by atoms with E-state index < -0.39 is 0 Å². The number of hydrogen-bond acceptors (Lipinski definition) is 4. The van der Waals surface area contributed by atoms with E-state index in [0.717, 1.165) is 64.3 Å². The summed E-state index contributed by atoms with van der Waals surface area (Å²) in [6.07, 6.45) is 6.35. The zero-order valence-electron chi connectivity index (χ0n) is 15.1. The van der Waals surface area contributed by atoms with Crippen molar-refractivity contribution in [2.45, 2.75) is 39.5 Å². The average molecular weight is 330 g/mol. The number of pyridine rings is 1. The first-order valence-corrected chi connectivity index (χ1v) is 9.38. The molecular weight excluding hydrogens is 300 g/mol. The Morgan fingerprint density at radius 2 is 2.08 bits per heavy atom. The molecule has 1 spiro atoms. The summed E-state index contributed by atoms with van der Waals surface area (Å²) in [4.78, 5) is 21.5. The first kappa shape index (κ1) is 17.2. The standard InChI is InChI=1S/C19H30N4O/c1-3-11-22(4-2)17-6-5-16(14-21-17)18(24)23-12-8-19(9-13-23)7-10-20-15-19/h5-6,14,20H,3-4,7-13,15H2,1-2H3. The highest BCUT2D eigenvalue weighted by Gasteiger charge is 2.38. The number of carbonyl (C=O) groups is 1. The van der Waals surface area contributed by atoms with Gasteiger partial charge in [-0.25, -0.2) is 4.98 Å². The van der Waals surface area contributed by atoms with Crippen LogP contribution in [-0.4, -0.2) is 55.1 Å². The summed E-state index contributed by atoms with van der Waals surface area (Å²) in [6.45, 7) is 10.2. The van der Waals surface area contributed by atoms with Crippen molar-refractivity contribution in [1.29, 1.82) is 0 Å². The fourth-order valence-corrected chi connectivity index (χ4v) is 3.99. The van der Waals surface area contributed by atoms with Crippen LogP contribution in [0.15, 0.2) is 18.3 Å². The number of nitrogens with one attached hydrogen (secondary N) is 1. The van der Waals surface area contributed by atoms with E-state index >= 15 is 0 Å². The highest BCUT2D eigenvalue weighted by molar-refractivity contribution is 5.94. The van der Waals surface area contributed by atoms with E-state index in [-0.39, 0.29) is 5.91 Å². The third kappa shape index (κ3) is 3.56. The van der Waals surface area contributed by atoms with Crippen molar-refractivity contribution in [3.8, 4) is 0 Å². The summed E-state index contributed by atoms with van der Waals surface area (Å²) in [7, 11) is 0. The smallest absolute Gasteiger partial charge is 0.255 e. The molecule has 5 heteroatoms. The molecular formula is C19H30N4O. The van der Waals surface area contributed by atoms with Crippen LogP contribution in [0.25, 0.3) is 0 Å². The van der Waals surface area contributed by atoms with Gasteiger partial charge in [-0.3, -0.25) is 4.79 Å². The Balaban J connectivity index is 1.61. The van der Waals surface area contributed by atoms with Gasteiger partial charge in [-0.1, -0.05) is 6.92 Å². The number of carbonyl (C=O) groups excluding carboxylic acids is 1. The molecule has 2 aliphatic rings. The molecule has 1 amide bonds. The molecule has 2 fully saturated rings. The van der Waals surface area contributed by atoms with Gasteiger partial charge in [0.15, 0.2) is 0 Å². The number of aromatic nitrogens is 1. The molecule has 1 N–H and O–H groups in total. The minimum atomic E-state index is 0.133. The molecule has 2 saturated heterocycles. The Hall–Kier alpha value is -1.62. The van der Waals surface area contributed by atoms with Crippen LogP contribution < -0.4 is 10.2 Å². The highest BCUT2D eigenvalue weighted by Crippen LogP contribution is 2.37. The molecule has 0 atom stereocenters. The molecule has 0 radical (unpaired) electrons. The van der Waals surface area contributed by atoms with Gasteiger partial charge in [-0.15, -0.1) is 0 Å². The van der Waals surface area contributed by atoms with Crippen molar-refractivity contribution in [1.82, 2.24) is 15.2 Å². The van der Waals surface area contributed by atoms with E-state index in [4.69, 9.17) is 0 Å². The predicted octanol–water partition coefficient (Wildman–Crippen LogP) is 2.53. The average Bonchev–Trinajstić information content (AvgIpc) is 3.08. The van der Waals surface area contributed by atoms with Crippen LogP contribution in [-0.2, 0) is 0 Å². The summed E-state index contributed by atoms with van der Waals surface area (Å²) in [5.41, 5.74) is 1.16. The minimum absolute atomic E-state index is 0.133. The largest absolute Gasteiger partial charge is 0.357 e. The molecule has 5 nitrogen and oxygen atoms in total. The number of piperidine rings is 1. The van der Waals surface area contributed by atoms with E-state index in [9.17, 15) is 4.79 Å². The van der Waals surface area contributed by atoms with E-state index in [1.54, 1.807) is 6.20 Å². The molecule has 3 rings (SSSR count). The lowest BCUT2D eigenvalue weighted by Crippen LogP contribution is -2.44. The molecule has 1 aromatic heterocycles. The second kappa shape index (κ2) is 7.51. The summed E-state index contributed by atoms with van der Waals surface area (Å²) >= 11 is 0. The van der Waals surface area contributed by atoms with Crippen LogP contribution in [0.4, 0.5) is 5.82 Å². The number of nitrogens with zero attached hydrogens (tertiary/aromatic N) is 3. The number of hydrogen-bond donors (Lipinski definition) is 1. The molecule has 0 bridgehead atoms. The number of amides is 1. The third-order valence-electron chi connectivity index (χ3n) is 5.64. The van der Waals surface area contributed by atoms with Gasteiger partial charge in [-0.2, -0.15) is 0 Å². The van der Waals surface area contributed by atoms with Crippen molar-refractivity contribution in [2.75, 3.05) is 44.2 Å². The maximum Gasteiger partial charge on any atom is 0.255 e. The normalized spacial score (nSPS) is 19.7. The second-order valence-electron chi connectivity index (χ2n) is 7.20. The van der Waals surface area contributed by atoms with Gasteiger partial charge in [0.25, 0.3) is 5.91 Å². The zero-order chi connectivity index (χ0) is 17.0. The topological polar surface area (TPSA) is 48.5 Å². The number of rotatable bonds is 5. The van der Waals surface area contributed by atoms with Crippen molar-refractivity contribution >= 4 is 11.7 Å². The maximum atomic E-state index is 12.7. The second-order valence-corrected chi connectivity index (χ2v) is 7.20. The summed E-state index contributed by atoms with van der Waals surface area (Å²) in [5.74, 6) is 1.10. The van der Waals surface area contributed by atoms with Crippen LogP contribution in [0, 0.1) is 5.41 Å². The lowest BCUT2D eigenvalue weighted by molar-refractivity contribution is 0.0607. The van der Waals surface area contributed by atoms with E-state index in [1.807, 2.05) is 17.0 Å². The van der Waals surface area contributed by atoms with Gasteiger partial charge in [0.05, 0.1) is 5.56 Å². The zero-order valence-corrected chi connectivity index (χ0v) is 15.1. The molecule has 132 valence electrons. The molecule has 0 unspecified atom stereocenters. The SMILES string of the molecule is CCCN(CC)c1ccc(C(=O)N2CCC3(CCNC3)CC2)cn1. The van der Waals surface area contributed by atoms with Gasteiger partial charge in [0, 0.05) is 38.9 Å². The Morgan fingerprint density at radius 1 is 1.29 bits per heavy atom. The predicted molar refractivity (Wildman–Crippen MR) is 97.5 cm³/mol. The van der Waals surface area contributed by atoms with Crippen LogP contribution in [0.5, 0.6) is 0 Å². The van der Waals surface area contributed by atoms with E-state index in [1.165, 1.54) is 6.42 Å². The maximum absolute atomic E-state index is 12.7. The molecule has 0 aromatic carbocycles. The summed E-state index contributed by atoms with van der Waals surface area (Å²) in [5, 5.41) is 3.47. The Labute approximate surface area is 145 Å². The Kier molecular flexibility index (Phi) is 5.39. The van der Waals surface area contributed by atoms with Crippen molar-refractivity contribution in [2.24, 2.45) is 5.41 Å². The lowest BCUT2D eigenvalue weighted by Gasteiger charge is -2.38. The molecule has 0 saturated carbocycles. The summed E-state index contributed by atoms with van der Waals surface area (Å²) in [6, 6.07) is 3.92. The van der Waals surface area contributed by atoms with Crippen LogP contribution >= 0.6 is 0 Å². The quantitative estimate of drug-likeness (QED) is 0.901. The van der Waals surface area contributed by atoms with Crippen molar-refractivity contribution in [3.05, 3.63) is 23.9 Å². The molecule has 1 aromatic rings. The van der Waals surface area contributed by atoms with Gasteiger partial charge >= 0.3 is 0 Å². The van der Waals surface area contributed by atoms with Crippen molar-refractivity contribution in [3.63, 3.8) is 0 Å². The van der Waals surface area contributed by atoms with Gasteiger partial charge < -0.3 is 15.1 Å². The van der Waals surface area contributed by atoms with Crippen LogP contribution in [0.3, 0.4) is 0 Å². The van der Waals surface area contributed by atoms with Gasteiger partial charge in [0.1, 0.15) is 5.82 Å². The monoisotopic (exact) mass is 330 g/mol. The van der Waals surface area contributed by atoms with Gasteiger partial charge in [0.2, 0.25) is 0 Å². The van der Waals surface area contributed by atoms with Gasteiger partial charge in [-0.05, 0) is 56.7 Å². The highest BCUT2D eigenvalue weighted by atomic mass is 16.2. The third-order valence-corrected chi connectivity index (χ3v) is 5.64. The minimum Gasteiger partial charge on any atom is -0.357 e. The summed E-state index contributed by atoms with van der Waals surface area (Å²) < 4.78 is 0. The fraction of sp³-hybridized carbons (Fsp3) is 0.684. The first-order chi connectivity index (χ1) is 11.7. The molecule has 24 heavy (non-hydrogen) atoms. The lowest BCUT2D eigenvalue weighted by atomic mass is 9.78. The van der Waals surface area contributed by atoms with Crippen LogP contribution in [0.2, 0.25) is 0 Å². The number of anilines is 1. The van der Waals surface area contributed by atoms with Crippen molar-refractivity contribution < 1.29 is 4.79 Å². The fourth-order valence-electron chi connectivity index (χ4n) is 3.99. The Bertz CT molecular complexity index is 541. The molecule has 0 aliphatic carbocycles. The number of likely N-dealkylation sites (tertiary alicyclic amines) is 1. The molecule has 3 heterocycles. The van der Waals surface area contributed by atoms with E-state index in [2.05, 4.69) is 29.0 Å². The van der Waals surface area contributed by atoms with E-state index in [0.29, 0.717) is 11.0 Å². The Morgan fingerprint density at radius 3 is 2.62 bits per heavy atom.